The number of amides is 3. The van der Waals surface area contributed by atoms with Crippen molar-refractivity contribution in [2.24, 2.45) is 11.8 Å². The van der Waals surface area contributed by atoms with Crippen LogP contribution >= 0.6 is 0 Å². The predicted molar refractivity (Wildman–Crippen MR) is 115 cm³/mol. The molecule has 3 amide bonds. The van der Waals surface area contributed by atoms with E-state index in [0.29, 0.717) is 25.6 Å². The molecule has 1 atom stereocenters. The molecule has 2 fully saturated rings. The van der Waals surface area contributed by atoms with Gasteiger partial charge in [0, 0.05) is 51.0 Å². The van der Waals surface area contributed by atoms with Gasteiger partial charge in [-0.25, -0.2) is 9.48 Å². The Hall–Kier alpha value is -2.83. The van der Waals surface area contributed by atoms with E-state index in [2.05, 4.69) is 17.3 Å². The molecule has 0 aliphatic carbocycles. The van der Waals surface area contributed by atoms with Gasteiger partial charge in [-0.15, -0.1) is 0 Å². The number of hydrogen-bond donors (Lipinski definition) is 1. The highest BCUT2D eigenvalue weighted by Crippen LogP contribution is 2.23. The van der Waals surface area contributed by atoms with Crippen LogP contribution in [0.5, 0.6) is 0 Å². The Balaban J connectivity index is 1.25. The Morgan fingerprint density at radius 2 is 1.93 bits per heavy atom. The Morgan fingerprint density at radius 3 is 2.67 bits per heavy atom. The van der Waals surface area contributed by atoms with Crippen molar-refractivity contribution in [3.8, 4) is 5.69 Å². The molecule has 1 aromatic carbocycles. The summed E-state index contributed by atoms with van der Waals surface area (Å²) >= 11 is 0. The van der Waals surface area contributed by atoms with E-state index < -0.39 is 0 Å². The molecule has 2 aliphatic rings. The largest absolute Gasteiger partial charge is 0.342 e. The third kappa shape index (κ3) is 4.83. The fraction of sp³-hybridized carbons (Fsp3) is 0.522. The lowest BCUT2D eigenvalue weighted by molar-refractivity contribution is -0.138. The van der Waals surface area contributed by atoms with Crippen molar-refractivity contribution >= 4 is 11.9 Å². The maximum atomic E-state index is 12.8. The molecule has 0 saturated carbocycles. The molecular formula is C23H31N5O2. The minimum Gasteiger partial charge on any atom is -0.342 e. The van der Waals surface area contributed by atoms with Crippen LogP contribution in [0.25, 0.3) is 5.69 Å². The van der Waals surface area contributed by atoms with Crippen LogP contribution in [0.1, 0.15) is 38.2 Å². The van der Waals surface area contributed by atoms with Gasteiger partial charge in [-0.05, 0) is 55.4 Å². The van der Waals surface area contributed by atoms with Gasteiger partial charge in [0.05, 0.1) is 5.69 Å². The van der Waals surface area contributed by atoms with Crippen LogP contribution in [0.4, 0.5) is 4.79 Å². The number of rotatable bonds is 4. The second kappa shape index (κ2) is 9.32. The number of hydrogen-bond acceptors (Lipinski definition) is 3. The average molecular weight is 410 g/mol. The van der Waals surface area contributed by atoms with Gasteiger partial charge in [0.15, 0.2) is 0 Å². The van der Waals surface area contributed by atoms with Gasteiger partial charge in [-0.3, -0.25) is 4.79 Å². The van der Waals surface area contributed by atoms with Gasteiger partial charge in [0.25, 0.3) is 0 Å². The van der Waals surface area contributed by atoms with Crippen LogP contribution in [0, 0.1) is 11.8 Å². The van der Waals surface area contributed by atoms with Crippen molar-refractivity contribution in [1.29, 1.82) is 0 Å². The summed E-state index contributed by atoms with van der Waals surface area (Å²) in [4.78, 5) is 29.3. The van der Waals surface area contributed by atoms with E-state index in [1.54, 1.807) is 10.9 Å². The minimum absolute atomic E-state index is 0.0583. The average Bonchev–Trinajstić information content (AvgIpc) is 3.32. The normalized spacial score (nSPS) is 20.2. The van der Waals surface area contributed by atoms with Crippen molar-refractivity contribution in [2.75, 3.05) is 26.2 Å². The second-order valence-corrected chi connectivity index (χ2v) is 8.57. The summed E-state index contributed by atoms with van der Waals surface area (Å²) in [5.41, 5.74) is 2.00. The first kappa shape index (κ1) is 20.4. The van der Waals surface area contributed by atoms with E-state index in [-0.39, 0.29) is 17.9 Å². The highest BCUT2D eigenvalue weighted by atomic mass is 16.2. The number of benzene rings is 1. The Morgan fingerprint density at radius 1 is 1.10 bits per heavy atom. The van der Waals surface area contributed by atoms with Crippen LogP contribution in [-0.2, 0) is 11.3 Å². The van der Waals surface area contributed by atoms with E-state index in [1.165, 1.54) is 6.42 Å². The molecule has 7 nitrogen and oxygen atoms in total. The Labute approximate surface area is 178 Å². The zero-order valence-electron chi connectivity index (χ0n) is 17.7. The number of carbonyl (C=O) groups excluding carboxylic acids is 2. The lowest BCUT2D eigenvalue weighted by Crippen LogP contribution is -2.48. The van der Waals surface area contributed by atoms with Crippen LogP contribution in [0.2, 0.25) is 0 Å². The number of carbonyl (C=O) groups is 2. The first-order valence-corrected chi connectivity index (χ1v) is 11.0. The summed E-state index contributed by atoms with van der Waals surface area (Å²) in [5.74, 6) is 0.947. The van der Waals surface area contributed by atoms with E-state index in [9.17, 15) is 9.59 Å². The summed E-state index contributed by atoms with van der Waals surface area (Å²) in [6, 6.07) is 9.81. The molecule has 1 N–H and O–H groups in total. The lowest BCUT2D eigenvalue weighted by Gasteiger charge is -2.37. The fourth-order valence-electron chi connectivity index (χ4n) is 4.50. The van der Waals surface area contributed by atoms with Gasteiger partial charge >= 0.3 is 6.03 Å². The monoisotopic (exact) mass is 409 g/mol. The zero-order valence-corrected chi connectivity index (χ0v) is 17.7. The number of urea groups is 1. The molecule has 0 spiro atoms. The number of aromatic nitrogens is 2. The van der Waals surface area contributed by atoms with Crippen molar-refractivity contribution in [1.82, 2.24) is 24.9 Å². The highest BCUT2D eigenvalue weighted by molar-refractivity contribution is 5.80. The van der Waals surface area contributed by atoms with E-state index in [0.717, 1.165) is 43.6 Å². The number of nitrogens with zero attached hydrogens (tertiary/aromatic N) is 4. The molecule has 0 bridgehead atoms. The van der Waals surface area contributed by atoms with Gasteiger partial charge < -0.3 is 15.1 Å². The number of likely N-dealkylation sites (tertiary alicyclic amines) is 2. The van der Waals surface area contributed by atoms with Crippen LogP contribution in [-0.4, -0.2) is 57.7 Å². The molecule has 2 aromatic rings. The van der Waals surface area contributed by atoms with E-state index in [4.69, 9.17) is 0 Å². The minimum atomic E-state index is -0.0583. The number of piperidine rings is 2. The molecule has 2 saturated heterocycles. The molecule has 4 rings (SSSR count). The lowest BCUT2D eigenvalue weighted by atomic mass is 9.93. The highest BCUT2D eigenvalue weighted by Gasteiger charge is 2.31. The van der Waals surface area contributed by atoms with E-state index >= 15 is 0 Å². The second-order valence-electron chi connectivity index (χ2n) is 8.57. The summed E-state index contributed by atoms with van der Waals surface area (Å²) in [7, 11) is 0. The van der Waals surface area contributed by atoms with E-state index in [1.807, 2.05) is 46.3 Å². The molecule has 1 aromatic heterocycles. The SMILES string of the molecule is CC1CCCN(C(=O)C2CCN(C(=O)NCc3cccc(-n4cccn4)c3)CC2)C1. The topological polar surface area (TPSA) is 70.5 Å². The van der Waals surface area contributed by atoms with Crippen LogP contribution < -0.4 is 5.32 Å². The van der Waals surface area contributed by atoms with Gasteiger partial charge in [0.1, 0.15) is 0 Å². The van der Waals surface area contributed by atoms with Crippen LogP contribution in [0.3, 0.4) is 0 Å². The van der Waals surface area contributed by atoms with Gasteiger partial charge in [0.2, 0.25) is 5.91 Å². The smallest absolute Gasteiger partial charge is 0.317 e. The zero-order chi connectivity index (χ0) is 20.9. The summed E-state index contributed by atoms with van der Waals surface area (Å²) in [5, 5.41) is 7.26. The summed E-state index contributed by atoms with van der Waals surface area (Å²) in [6.07, 6.45) is 7.48. The first-order valence-electron chi connectivity index (χ1n) is 11.0. The maximum absolute atomic E-state index is 12.8. The summed E-state index contributed by atoms with van der Waals surface area (Å²) in [6.45, 7) is 5.74. The first-order chi connectivity index (χ1) is 14.6. The van der Waals surface area contributed by atoms with Crippen molar-refractivity contribution in [2.45, 2.75) is 39.2 Å². The molecule has 7 heteroatoms. The van der Waals surface area contributed by atoms with Gasteiger partial charge in [-0.2, -0.15) is 5.10 Å². The molecule has 3 heterocycles. The van der Waals surface area contributed by atoms with Crippen molar-refractivity contribution in [3.05, 3.63) is 48.3 Å². The maximum Gasteiger partial charge on any atom is 0.317 e. The Bertz CT molecular complexity index is 858. The van der Waals surface area contributed by atoms with Crippen molar-refractivity contribution in [3.63, 3.8) is 0 Å². The van der Waals surface area contributed by atoms with Crippen molar-refractivity contribution < 1.29 is 9.59 Å². The molecule has 160 valence electrons. The molecule has 2 aliphatic heterocycles. The number of nitrogens with one attached hydrogen (secondary N) is 1. The molecular weight excluding hydrogens is 378 g/mol. The van der Waals surface area contributed by atoms with Gasteiger partial charge in [-0.1, -0.05) is 19.1 Å². The fourth-order valence-corrected chi connectivity index (χ4v) is 4.50. The quantitative estimate of drug-likeness (QED) is 0.844. The molecule has 0 radical (unpaired) electrons. The molecule has 30 heavy (non-hydrogen) atoms. The third-order valence-corrected chi connectivity index (χ3v) is 6.22. The summed E-state index contributed by atoms with van der Waals surface area (Å²) < 4.78 is 1.80. The standard InChI is InChI=1S/C23H31N5O2/c1-18-5-3-11-27(17-18)22(29)20-8-13-26(14-9-20)23(30)24-16-19-6-2-7-21(15-19)28-12-4-10-25-28/h2,4,6-7,10,12,15,18,20H,3,5,8-9,11,13-14,16-17H2,1H3,(H,24,30). The van der Waals surface area contributed by atoms with Crippen LogP contribution in [0.15, 0.2) is 42.7 Å². The third-order valence-electron chi connectivity index (χ3n) is 6.22. The molecule has 1 unspecified atom stereocenters. The predicted octanol–water partition coefficient (Wildman–Crippen LogP) is 3.05. The Kier molecular flexibility index (Phi) is 6.35.